The summed E-state index contributed by atoms with van der Waals surface area (Å²) in [6, 6.07) is 3.27. The molecule has 2 rings (SSSR count). The Morgan fingerprint density at radius 3 is 2.12 bits per heavy atom. The van der Waals surface area contributed by atoms with Gasteiger partial charge in [-0.05, 0) is 51.7 Å². The van der Waals surface area contributed by atoms with Gasteiger partial charge in [-0.2, -0.15) is 0 Å². The highest BCUT2D eigenvalue weighted by atomic mass is 16.6. The fourth-order valence-corrected chi connectivity index (χ4v) is 2.65. The monoisotopic (exact) mass is 345 g/mol. The van der Waals surface area contributed by atoms with Gasteiger partial charge in [0.1, 0.15) is 11.5 Å². The van der Waals surface area contributed by atoms with E-state index in [1.807, 2.05) is 0 Å². The minimum Gasteiger partial charge on any atom is -0.469 e. The van der Waals surface area contributed by atoms with Gasteiger partial charge < -0.3 is 13.9 Å². The standard InChI is InChI=1S/C19H21O6/c1-3-23-18(21)17(19(22)24-4-2)14(16-10-7-11-25-16)12-15(20)13-8-5-6-9-13/h5-11,14,17H,3-4,12H2,1-2H3. The van der Waals surface area contributed by atoms with Gasteiger partial charge >= 0.3 is 11.9 Å². The first kappa shape index (κ1) is 19.2. The van der Waals surface area contributed by atoms with Crippen molar-refractivity contribution in [2.75, 3.05) is 13.2 Å². The predicted octanol–water partition coefficient (Wildman–Crippen LogP) is 2.47. The highest BCUT2D eigenvalue weighted by Gasteiger charge is 2.42. The van der Waals surface area contributed by atoms with E-state index in [1.165, 1.54) is 6.26 Å². The van der Waals surface area contributed by atoms with Crippen molar-refractivity contribution in [2.45, 2.75) is 26.2 Å². The number of carbonyl (C=O) groups excluding carboxylic acids is 3. The molecule has 6 nitrogen and oxygen atoms in total. The Kier molecular flexibility index (Phi) is 7.22. The lowest BCUT2D eigenvalue weighted by atomic mass is 9.83. The number of esters is 2. The van der Waals surface area contributed by atoms with E-state index in [0.717, 1.165) is 0 Å². The molecule has 1 atom stereocenters. The average molecular weight is 345 g/mol. The van der Waals surface area contributed by atoms with Crippen LogP contribution in [0.3, 0.4) is 0 Å². The molecular formula is C19H21O6. The highest BCUT2D eigenvalue weighted by molar-refractivity contribution is 6.00. The number of ketones is 1. The summed E-state index contributed by atoms with van der Waals surface area (Å²) in [5, 5.41) is 0. The second-order valence-electron chi connectivity index (χ2n) is 5.40. The Labute approximate surface area is 147 Å². The maximum Gasteiger partial charge on any atom is 0.321 e. The number of furan rings is 1. The minimum atomic E-state index is -1.26. The zero-order chi connectivity index (χ0) is 18.2. The third-order valence-electron chi connectivity index (χ3n) is 3.78. The van der Waals surface area contributed by atoms with E-state index in [-0.39, 0.29) is 25.4 Å². The summed E-state index contributed by atoms with van der Waals surface area (Å²) in [6.07, 6.45) is 8.24. The van der Waals surface area contributed by atoms with Gasteiger partial charge in [0, 0.05) is 18.3 Å². The number of hydrogen-bond acceptors (Lipinski definition) is 6. The van der Waals surface area contributed by atoms with Crippen LogP contribution < -0.4 is 0 Å². The molecular weight excluding hydrogens is 324 g/mol. The number of ether oxygens (including phenoxy) is 2. The Hall–Kier alpha value is -2.11. The molecule has 1 aliphatic carbocycles. The van der Waals surface area contributed by atoms with Gasteiger partial charge in [-0.25, -0.2) is 0 Å². The molecule has 0 aliphatic heterocycles. The molecule has 0 N–H and O–H groups in total. The number of rotatable bonds is 9. The van der Waals surface area contributed by atoms with Crippen LogP contribution in [0.1, 0.15) is 31.9 Å². The maximum absolute atomic E-state index is 12.5. The van der Waals surface area contributed by atoms with E-state index in [1.54, 1.807) is 51.7 Å². The van der Waals surface area contributed by atoms with Crippen molar-refractivity contribution in [3.05, 3.63) is 55.8 Å². The van der Waals surface area contributed by atoms with Gasteiger partial charge in [0.15, 0.2) is 5.92 Å². The number of carbonyl (C=O) groups is 3. The Bertz CT molecular complexity index is 553. The second kappa shape index (κ2) is 9.39. The van der Waals surface area contributed by atoms with Crippen LogP contribution >= 0.6 is 0 Å². The van der Waals surface area contributed by atoms with Crippen molar-refractivity contribution in [1.82, 2.24) is 0 Å². The normalized spacial score (nSPS) is 16.0. The van der Waals surface area contributed by atoms with Crippen molar-refractivity contribution in [2.24, 2.45) is 5.92 Å². The second-order valence-corrected chi connectivity index (χ2v) is 5.40. The van der Waals surface area contributed by atoms with E-state index in [4.69, 9.17) is 13.9 Å². The maximum atomic E-state index is 12.5. The van der Waals surface area contributed by atoms with Crippen molar-refractivity contribution >= 4 is 17.7 Å². The first-order valence-corrected chi connectivity index (χ1v) is 8.20. The summed E-state index contributed by atoms with van der Waals surface area (Å²) in [6.45, 7) is 3.54. The highest BCUT2D eigenvalue weighted by Crippen LogP contribution is 2.35. The van der Waals surface area contributed by atoms with E-state index < -0.39 is 23.8 Å². The smallest absolute Gasteiger partial charge is 0.321 e. The lowest BCUT2D eigenvalue weighted by Gasteiger charge is -2.23. The Balaban J connectivity index is 2.27. The molecule has 133 valence electrons. The molecule has 1 fully saturated rings. The van der Waals surface area contributed by atoms with Crippen LogP contribution in [0.5, 0.6) is 0 Å². The predicted molar refractivity (Wildman–Crippen MR) is 88.3 cm³/mol. The van der Waals surface area contributed by atoms with Crippen LogP contribution in [-0.2, 0) is 23.9 Å². The van der Waals surface area contributed by atoms with E-state index in [0.29, 0.717) is 11.7 Å². The molecule has 0 saturated heterocycles. The van der Waals surface area contributed by atoms with E-state index in [9.17, 15) is 14.4 Å². The lowest BCUT2D eigenvalue weighted by Crippen LogP contribution is -2.35. The molecule has 1 aromatic heterocycles. The van der Waals surface area contributed by atoms with Crippen LogP contribution in [0.15, 0.2) is 22.8 Å². The van der Waals surface area contributed by atoms with Crippen LogP contribution in [-0.4, -0.2) is 30.9 Å². The van der Waals surface area contributed by atoms with Crippen molar-refractivity contribution in [3.63, 3.8) is 0 Å². The van der Waals surface area contributed by atoms with Gasteiger partial charge in [0.2, 0.25) is 0 Å². The van der Waals surface area contributed by atoms with Gasteiger partial charge in [-0.3, -0.25) is 14.4 Å². The van der Waals surface area contributed by atoms with Gasteiger partial charge in [-0.15, -0.1) is 0 Å². The van der Waals surface area contributed by atoms with Crippen LogP contribution in [0.2, 0.25) is 0 Å². The van der Waals surface area contributed by atoms with Crippen molar-refractivity contribution in [1.29, 1.82) is 0 Å². The summed E-state index contributed by atoms with van der Waals surface area (Å²) in [7, 11) is 0. The molecule has 0 spiro atoms. The zero-order valence-corrected chi connectivity index (χ0v) is 14.3. The van der Waals surface area contributed by atoms with Crippen molar-refractivity contribution in [3.8, 4) is 0 Å². The van der Waals surface area contributed by atoms with E-state index in [2.05, 4.69) is 0 Å². The SMILES string of the molecule is CCOC(=O)C(C(=O)OCC)C(CC(=O)[C]1[CH][CH][CH][CH]1)c1ccco1. The fourth-order valence-electron chi connectivity index (χ4n) is 2.65. The van der Waals surface area contributed by atoms with Crippen LogP contribution in [0.4, 0.5) is 0 Å². The average Bonchev–Trinajstić information content (AvgIpc) is 3.28. The molecule has 1 saturated carbocycles. The van der Waals surface area contributed by atoms with Gasteiger partial charge in [0.05, 0.1) is 19.5 Å². The summed E-state index contributed by atoms with van der Waals surface area (Å²) < 4.78 is 15.4. The van der Waals surface area contributed by atoms with Crippen molar-refractivity contribution < 1.29 is 28.3 Å². The van der Waals surface area contributed by atoms with E-state index >= 15 is 0 Å². The number of Topliss-reactive ketones (excluding diaryl/α,β-unsaturated/α-hetero) is 1. The third-order valence-corrected chi connectivity index (χ3v) is 3.78. The summed E-state index contributed by atoms with van der Waals surface area (Å²) in [5.41, 5.74) is 0. The zero-order valence-electron chi connectivity index (χ0n) is 14.3. The lowest BCUT2D eigenvalue weighted by molar-refractivity contribution is -0.163. The Morgan fingerprint density at radius 1 is 1.04 bits per heavy atom. The summed E-state index contributed by atoms with van der Waals surface area (Å²) in [4.78, 5) is 37.3. The first-order valence-electron chi connectivity index (χ1n) is 8.20. The summed E-state index contributed by atoms with van der Waals surface area (Å²) in [5.74, 6) is -2.81. The van der Waals surface area contributed by atoms with Gasteiger partial charge in [0.25, 0.3) is 0 Å². The quantitative estimate of drug-likeness (QED) is 0.505. The molecule has 25 heavy (non-hydrogen) atoms. The first-order chi connectivity index (χ1) is 12.1. The molecule has 6 heteroatoms. The Morgan fingerprint density at radius 2 is 1.64 bits per heavy atom. The fraction of sp³-hybridized carbons (Fsp3) is 0.368. The molecule has 5 radical (unpaired) electrons. The third kappa shape index (κ3) is 4.94. The molecule has 0 aromatic carbocycles. The summed E-state index contributed by atoms with van der Waals surface area (Å²) >= 11 is 0. The van der Waals surface area contributed by atoms with Crippen LogP contribution in [0.25, 0.3) is 0 Å². The minimum absolute atomic E-state index is 0.0696. The molecule has 0 amide bonds. The topological polar surface area (TPSA) is 82.8 Å². The molecule has 1 aliphatic rings. The molecule has 0 bridgehead atoms. The number of hydrogen-bond donors (Lipinski definition) is 0. The molecule has 1 aromatic rings. The van der Waals surface area contributed by atoms with Crippen LogP contribution in [0, 0.1) is 37.5 Å². The van der Waals surface area contributed by atoms with Gasteiger partial charge in [-0.1, -0.05) is 0 Å². The molecule has 1 unspecified atom stereocenters. The molecule has 1 heterocycles. The largest absolute Gasteiger partial charge is 0.469 e.